The zero-order valence-corrected chi connectivity index (χ0v) is 16.0. The second kappa shape index (κ2) is 7.34. The molecule has 0 spiro atoms. The van der Waals surface area contributed by atoms with Crippen LogP contribution in [0.2, 0.25) is 0 Å². The Hall–Kier alpha value is -3.35. The molecule has 0 bridgehead atoms. The largest absolute Gasteiger partial charge is 0.497 e. The van der Waals surface area contributed by atoms with Crippen LogP contribution in [0.25, 0.3) is 11.4 Å². The highest BCUT2D eigenvalue weighted by Gasteiger charge is 2.36. The number of hydrogen-bond donors (Lipinski definition) is 0. The van der Waals surface area contributed by atoms with Gasteiger partial charge >= 0.3 is 0 Å². The van der Waals surface area contributed by atoms with Crippen molar-refractivity contribution in [1.82, 2.24) is 10.1 Å². The van der Waals surface area contributed by atoms with Crippen LogP contribution in [0.5, 0.6) is 11.5 Å². The lowest BCUT2D eigenvalue weighted by Gasteiger charge is -2.19. The average Bonchev–Trinajstić information content (AvgIpc) is 3.34. The molecule has 0 N–H and O–H groups in total. The third kappa shape index (κ3) is 3.31. The Morgan fingerprint density at radius 3 is 2.75 bits per heavy atom. The monoisotopic (exact) mass is 379 g/mol. The zero-order valence-electron chi connectivity index (χ0n) is 16.0. The molecule has 1 atom stereocenters. The smallest absolute Gasteiger partial charge is 0.232 e. The van der Waals surface area contributed by atoms with Crippen molar-refractivity contribution in [1.29, 1.82) is 0 Å². The number of anilines is 1. The van der Waals surface area contributed by atoms with Gasteiger partial charge in [0.05, 0.1) is 25.8 Å². The molecular weight excluding hydrogens is 358 g/mol. The van der Waals surface area contributed by atoms with E-state index in [0.29, 0.717) is 41.9 Å². The first-order valence-corrected chi connectivity index (χ1v) is 9.02. The average molecular weight is 379 g/mol. The van der Waals surface area contributed by atoms with Crippen molar-refractivity contribution in [2.45, 2.75) is 19.3 Å². The van der Waals surface area contributed by atoms with Gasteiger partial charge in [-0.1, -0.05) is 28.9 Å². The topological polar surface area (TPSA) is 77.7 Å². The summed E-state index contributed by atoms with van der Waals surface area (Å²) in [5.74, 6) is 2.09. The van der Waals surface area contributed by atoms with Crippen LogP contribution in [0.1, 0.15) is 23.8 Å². The van der Waals surface area contributed by atoms with Gasteiger partial charge in [-0.05, 0) is 25.1 Å². The van der Waals surface area contributed by atoms with Crippen LogP contribution in [0.15, 0.2) is 47.0 Å². The van der Waals surface area contributed by atoms with Gasteiger partial charge < -0.3 is 18.9 Å². The van der Waals surface area contributed by atoms with Crippen molar-refractivity contribution in [3.63, 3.8) is 0 Å². The summed E-state index contributed by atoms with van der Waals surface area (Å²) < 4.78 is 16.1. The number of ether oxygens (including phenoxy) is 2. The molecule has 1 amide bonds. The highest BCUT2D eigenvalue weighted by molar-refractivity contribution is 5.97. The number of carbonyl (C=O) groups excluding carboxylic acids is 1. The summed E-state index contributed by atoms with van der Waals surface area (Å²) >= 11 is 0. The Labute approximate surface area is 162 Å². The maximum absolute atomic E-state index is 12.7. The summed E-state index contributed by atoms with van der Waals surface area (Å²) in [6.45, 7) is 2.47. The summed E-state index contributed by atoms with van der Waals surface area (Å²) in [6.07, 6.45) is 0.310. The van der Waals surface area contributed by atoms with Gasteiger partial charge in [-0.3, -0.25) is 4.79 Å². The molecule has 1 unspecified atom stereocenters. The summed E-state index contributed by atoms with van der Waals surface area (Å²) in [5.41, 5.74) is 2.72. The van der Waals surface area contributed by atoms with E-state index in [2.05, 4.69) is 10.1 Å². The van der Waals surface area contributed by atoms with Crippen molar-refractivity contribution in [3.05, 3.63) is 53.9 Å². The SMILES string of the molecule is COc1ccc(N2CC(c3nc(-c4cccc(C)c4)no3)CC2=O)c(OC)c1. The molecule has 3 aromatic rings. The molecule has 2 heterocycles. The predicted molar refractivity (Wildman–Crippen MR) is 104 cm³/mol. The summed E-state index contributed by atoms with van der Waals surface area (Å²) in [5, 5.41) is 4.09. The van der Waals surface area contributed by atoms with E-state index in [4.69, 9.17) is 14.0 Å². The number of amides is 1. The molecule has 1 saturated heterocycles. The first-order valence-electron chi connectivity index (χ1n) is 9.02. The van der Waals surface area contributed by atoms with Crippen LogP contribution in [-0.4, -0.2) is 36.8 Å². The van der Waals surface area contributed by atoms with Crippen molar-refractivity contribution in [3.8, 4) is 22.9 Å². The highest BCUT2D eigenvalue weighted by atomic mass is 16.5. The van der Waals surface area contributed by atoms with E-state index < -0.39 is 0 Å². The van der Waals surface area contributed by atoms with Crippen LogP contribution >= 0.6 is 0 Å². The maximum atomic E-state index is 12.7. The van der Waals surface area contributed by atoms with Crippen LogP contribution in [0.3, 0.4) is 0 Å². The second-order valence-electron chi connectivity index (χ2n) is 6.77. The molecule has 1 aliphatic rings. The molecule has 0 saturated carbocycles. The van der Waals surface area contributed by atoms with Gasteiger partial charge in [-0.15, -0.1) is 0 Å². The van der Waals surface area contributed by atoms with Gasteiger partial charge in [0.15, 0.2) is 0 Å². The number of hydrogen-bond acceptors (Lipinski definition) is 6. The van der Waals surface area contributed by atoms with E-state index in [1.165, 1.54) is 0 Å². The minimum Gasteiger partial charge on any atom is -0.497 e. The van der Waals surface area contributed by atoms with Crippen LogP contribution < -0.4 is 14.4 Å². The fraction of sp³-hybridized carbons (Fsp3) is 0.286. The molecule has 7 nitrogen and oxygen atoms in total. The quantitative estimate of drug-likeness (QED) is 0.674. The van der Waals surface area contributed by atoms with E-state index in [0.717, 1.165) is 11.1 Å². The Morgan fingerprint density at radius 2 is 2.00 bits per heavy atom. The Morgan fingerprint density at radius 1 is 1.14 bits per heavy atom. The number of aryl methyl sites for hydroxylation is 1. The molecule has 4 rings (SSSR count). The van der Waals surface area contributed by atoms with Gasteiger partial charge in [0, 0.05) is 24.6 Å². The van der Waals surface area contributed by atoms with Gasteiger partial charge in [-0.25, -0.2) is 0 Å². The lowest BCUT2D eigenvalue weighted by atomic mass is 10.1. The third-order valence-electron chi connectivity index (χ3n) is 4.87. The molecule has 28 heavy (non-hydrogen) atoms. The summed E-state index contributed by atoms with van der Waals surface area (Å²) in [4.78, 5) is 18.9. The molecule has 1 aromatic heterocycles. The standard InChI is InChI=1S/C21H21N3O4/c1-13-5-4-6-14(9-13)20-22-21(28-23-20)15-10-19(25)24(12-15)17-8-7-16(26-2)11-18(17)27-3/h4-9,11,15H,10,12H2,1-3H3. The Balaban J connectivity index is 1.57. The van der Waals surface area contributed by atoms with Crippen molar-refractivity contribution < 1.29 is 18.8 Å². The maximum Gasteiger partial charge on any atom is 0.232 e. The number of rotatable bonds is 5. The van der Waals surface area contributed by atoms with Gasteiger partial charge in [0.25, 0.3) is 0 Å². The van der Waals surface area contributed by atoms with Gasteiger partial charge in [-0.2, -0.15) is 4.98 Å². The fourth-order valence-electron chi connectivity index (χ4n) is 3.42. The third-order valence-corrected chi connectivity index (χ3v) is 4.87. The molecule has 144 valence electrons. The molecule has 0 radical (unpaired) electrons. The number of aromatic nitrogens is 2. The van der Waals surface area contributed by atoms with E-state index >= 15 is 0 Å². The van der Waals surface area contributed by atoms with Gasteiger partial charge in [0.2, 0.25) is 17.6 Å². The van der Waals surface area contributed by atoms with E-state index in [-0.39, 0.29) is 11.8 Å². The van der Waals surface area contributed by atoms with Gasteiger partial charge in [0.1, 0.15) is 11.5 Å². The van der Waals surface area contributed by atoms with Crippen molar-refractivity contribution in [2.24, 2.45) is 0 Å². The Kier molecular flexibility index (Phi) is 4.73. The minimum atomic E-state index is -0.162. The normalized spacial score (nSPS) is 16.5. The molecular formula is C21H21N3O4. The van der Waals surface area contributed by atoms with Crippen LogP contribution in [-0.2, 0) is 4.79 Å². The number of methoxy groups -OCH3 is 2. The number of nitrogens with zero attached hydrogens (tertiary/aromatic N) is 3. The zero-order chi connectivity index (χ0) is 19.7. The lowest BCUT2D eigenvalue weighted by molar-refractivity contribution is -0.117. The summed E-state index contributed by atoms with van der Waals surface area (Å²) in [6, 6.07) is 13.3. The molecule has 1 fully saturated rings. The first-order chi connectivity index (χ1) is 13.6. The lowest BCUT2D eigenvalue weighted by Crippen LogP contribution is -2.24. The Bertz CT molecular complexity index is 1010. The van der Waals surface area contributed by atoms with E-state index in [1.807, 2.05) is 37.3 Å². The number of carbonyl (C=O) groups is 1. The highest BCUT2D eigenvalue weighted by Crippen LogP contribution is 2.38. The van der Waals surface area contributed by atoms with Crippen molar-refractivity contribution >= 4 is 11.6 Å². The fourth-order valence-corrected chi connectivity index (χ4v) is 3.42. The number of benzene rings is 2. The minimum absolute atomic E-state index is 0.0104. The molecule has 7 heteroatoms. The van der Waals surface area contributed by atoms with Crippen molar-refractivity contribution in [2.75, 3.05) is 25.7 Å². The molecule has 0 aliphatic carbocycles. The molecule has 1 aliphatic heterocycles. The van der Waals surface area contributed by atoms with Crippen LogP contribution in [0.4, 0.5) is 5.69 Å². The van der Waals surface area contributed by atoms with Crippen LogP contribution in [0, 0.1) is 6.92 Å². The summed E-state index contributed by atoms with van der Waals surface area (Å²) in [7, 11) is 3.16. The second-order valence-corrected chi connectivity index (χ2v) is 6.77. The van der Waals surface area contributed by atoms with E-state index in [9.17, 15) is 4.79 Å². The molecule has 2 aromatic carbocycles. The predicted octanol–water partition coefficient (Wildman–Crippen LogP) is 3.58. The van der Waals surface area contributed by atoms with E-state index in [1.54, 1.807) is 31.3 Å². The first kappa shape index (κ1) is 18.0.